The van der Waals surface area contributed by atoms with E-state index in [1.165, 1.54) is 4.90 Å². The van der Waals surface area contributed by atoms with Crippen LogP contribution in [0.15, 0.2) is 54.6 Å². The molecule has 0 unspecified atom stereocenters. The molecule has 1 saturated carbocycles. The molecule has 40 heavy (non-hydrogen) atoms. The lowest BCUT2D eigenvalue weighted by Gasteiger charge is -2.38. The molecule has 4 rings (SSSR count). The first-order valence-corrected chi connectivity index (χ1v) is 14.4. The third-order valence-electron chi connectivity index (χ3n) is 7.36. The Morgan fingerprint density at radius 2 is 1.60 bits per heavy atom. The van der Waals surface area contributed by atoms with Gasteiger partial charge in [0, 0.05) is 57.7 Å². The molecular formula is C32H43N3O5. The zero-order chi connectivity index (χ0) is 28.7. The predicted octanol–water partition coefficient (Wildman–Crippen LogP) is 4.67. The maximum Gasteiger partial charge on any atom is 0.410 e. The molecule has 1 saturated heterocycles. The number of rotatable bonds is 11. The molecule has 8 heteroatoms. The highest BCUT2D eigenvalue weighted by molar-refractivity contribution is 5.99. The Balaban J connectivity index is 1.24. The predicted molar refractivity (Wildman–Crippen MR) is 155 cm³/mol. The van der Waals surface area contributed by atoms with Gasteiger partial charge in [0.15, 0.2) is 5.78 Å². The number of hydrogen-bond donors (Lipinski definition) is 0. The molecule has 216 valence electrons. The van der Waals surface area contributed by atoms with Crippen LogP contribution < -0.4 is 4.74 Å². The lowest BCUT2D eigenvalue weighted by molar-refractivity contribution is -0.138. The normalized spacial score (nSPS) is 16.8. The molecule has 0 spiro atoms. The second-order valence-corrected chi connectivity index (χ2v) is 11.8. The van der Waals surface area contributed by atoms with E-state index in [9.17, 15) is 14.4 Å². The van der Waals surface area contributed by atoms with Gasteiger partial charge in [-0.1, -0.05) is 30.3 Å². The molecule has 2 fully saturated rings. The fraction of sp³-hybridized carbons (Fsp3) is 0.531. The highest BCUT2D eigenvalue weighted by Gasteiger charge is 2.34. The average molecular weight is 550 g/mol. The molecule has 1 heterocycles. The summed E-state index contributed by atoms with van der Waals surface area (Å²) in [6, 6.07) is 16.6. The molecule has 0 aromatic heterocycles. The monoisotopic (exact) mass is 549 g/mol. The van der Waals surface area contributed by atoms with E-state index in [0.29, 0.717) is 26.1 Å². The topological polar surface area (TPSA) is 79.4 Å². The van der Waals surface area contributed by atoms with Crippen LogP contribution in [0.2, 0.25) is 0 Å². The summed E-state index contributed by atoms with van der Waals surface area (Å²) in [5, 5.41) is 0. The minimum atomic E-state index is -0.639. The number of likely N-dealkylation sites (N-methyl/N-ethyl adjacent to an activating group) is 1. The summed E-state index contributed by atoms with van der Waals surface area (Å²) in [6.45, 7) is 9.73. The first-order valence-electron chi connectivity index (χ1n) is 14.4. The van der Waals surface area contributed by atoms with Gasteiger partial charge in [0.1, 0.15) is 17.4 Å². The Bertz CT molecular complexity index is 1130. The molecule has 0 radical (unpaired) electrons. The zero-order valence-electron chi connectivity index (χ0n) is 24.3. The lowest BCUT2D eigenvalue weighted by Crippen LogP contribution is -2.56. The Labute approximate surface area is 238 Å². The van der Waals surface area contributed by atoms with Crippen molar-refractivity contribution in [2.45, 2.75) is 58.1 Å². The molecule has 2 amide bonds. The van der Waals surface area contributed by atoms with Gasteiger partial charge in [0.2, 0.25) is 5.91 Å². The molecule has 1 atom stereocenters. The summed E-state index contributed by atoms with van der Waals surface area (Å²) < 4.78 is 11.5. The van der Waals surface area contributed by atoms with Crippen molar-refractivity contribution < 1.29 is 23.9 Å². The quantitative estimate of drug-likeness (QED) is 0.299. The Morgan fingerprint density at radius 1 is 0.950 bits per heavy atom. The SMILES string of the molecule is CN(C(=O)OC(C)(C)C)[C@H](Cc1ccccc1)C(=O)N1CCN(CCCOc2ccc(C(=O)C3CC3)cc2)CC1. The number of hydrogen-bond acceptors (Lipinski definition) is 6. The van der Waals surface area contributed by atoms with Crippen LogP contribution in [0, 0.1) is 5.92 Å². The molecule has 2 aromatic rings. The van der Waals surface area contributed by atoms with Crippen LogP contribution in [0.3, 0.4) is 0 Å². The fourth-order valence-corrected chi connectivity index (χ4v) is 4.87. The molecule has 2 aromatic carbocycles. The highest BCUT2D eigenvalue weighted by atomic mass is 16.6. The van der Waals surface area contributed by atoms with E-state index in [4.69, 9.17) is 9.47 Å². The van der Waals surface area contributed by atoms with Crippen LogP contribution in [0.4, 0.5) is 4.79 Å². The maximum absolute atomic E-state index is 13.7. The Kier molecular flexibility index (Phi) is 9.85. The first-order chi connectivity index (χ1) is 19.1. The van der Waals surface area contributed by atoms with E-state index in [0.717, 1.165) is 55.8 Å². The van der Waals surface area contributed by atoms with E-state index in [1.54, 1.807) is 7.05 Å². The average Bonchev–Trinajstić information content (AvgIpc) is 3.79. The van der Waals surface area contributed by atoms with Crippen molar-refractivity contribution >= 4 is 17.8 Å². The van der Waals surface area contributed by atoms with Crippen molar-refractivity contribution in [3.05, 3.63) is 65.7 Å². The fourth-order valence-electron chi connectivity index (χ4n) is 4.87. The summed E-state index contributed by atoms with van der Waals surface area (Å²) in [5.41, 5.74) is 1.13. The van der Waals surface area contributed by atoms with Crippen molar-refractivity contribution in [2.24, 2.45) is 5.92 Å². The smallest absolute Gasteiger partial charge is 0.410 e. The maximum atomic E-state index is 13.7. The molecule has 0 bridgehead atoms. The van der Waals surface area contributed by atoms with Crippen LogP contribution in [0.1, 0.15) is 56.0 Å². The standard InChI is InChI=1S/C32H43N3O5/c1-32(2,3)40-31(38)33(4)28(23-24-9-6-5-7-10-24)30(37)35-20-18-34(19-21-35)17-8-22-39-27-15-13-26(14-16-27)29(36)25-11-12-25/h5-7,9-10,13-16,25,28H,8,11-12,17-23H2,1-4H3/t28-/m1/s1. The van der Waals surface area contributed by atoms with E-state index < -0.39 is 17.7 Å². The number of ketones is 1. The van der Waals surface area contributed by atoms with E-state index in [2.05, 4.69) is 4.90 Å². The molecule has 1 aliphatic carbocycles. The second-order valence-electron chi connectivity index (χ2n) is 11.8. The van der Waals surface area contributed by atoms with Crippen LogP contribution in [0.5, 0.6) is 5.75 Å². The second kappa shape index (κ2) is 13.3. The van der Waals surface area contributed by atoms with Gasteiger partial charge < -0.3 is 14.4 Å². The lowest BCUT2D eigenvalue weighted by atomic mass is 10.0. The number of ether oxygens (including phenoxy) is 2. The molecule has 1 aliphatic heterocycles. The molecule has 0 N–H and O–H groups in total. The number of Topliss-reactive ketones (excluding diaryl/α,β-unsaturated/α-hetero) is 1. The van der Waals surface area contributed by atoms with Gasteiger partial charge in [-0.25, -0.2) is 4.79 Å². The molecular weight excluding hydrogens is 506 g/mol. The Hall–Kier alpha value is -3.39. The summed E-state index contributed by atoms with van der Waals surface area (Å²) in [7, 11) is 1.65. The zero-order valence-corrected chi connectivity index (χ0v) is 24.3. The van der Waals surface area contributed by atoms with Gasteiger partial charge in [-0.3, -0.25) is 19.4 Å². The van der Waals surface area contributed by atoms with Gasteiger partial charge in [0.25, 0.3) is 0 Å². The van der Waals surface area contributed by atoms with Gasteiger partial charge >= 0.3 is 6.09 Å². The van der Waals surface area contributed by atoms with E-state index in [-0.39, 0.29) is 17.6 Å². The summed E-state index contributed by atoms with van der Waals surface area (Å²) in [5.74, 6) is 1.19. The van der Waals surface area contributed by atoms with Crippen LogP contribution in [-0.2, 0) is 16.0 Å². The number of amides is 2. The molecule has 2 aliphatic rings. The number of piperazine rings is 1. The number of carbonyl (C=O) groups is 3. The van der Waals surface area contributed by atoms with Crippen molar-refractivity contribution in [3.63, 3.8) is 0 Å². The van der Waals surface area contributed by atoms with Crippen molar-refractivity contribution in [1.82, 2.24) is 14.7 Å². The summed E-state index contributed by atoms with van der Waals surface area (Å²) in [4.78, 5) is 44.3. The van der Waals surface area contributed by atoms with Crippen LogP contribution in [0.25, 0.3) is 0 Å². The van der Waals surface area contributed by atoms with Crippen molar-refractivity contribution in [1.29, 1.82) is 0 Å². The Morgan fingerprint density at radius 3 is 2.20 bits per heavy atom. The minimum Gasteiger partial charge on any atom is -0.494 e. The van der Waals surface area contributed by atoms with Gasteiger partial charge in [-0.05, 0) is 69.9 Å². The van der Waals surface area contributed by atoms with Crippen LogP contribution in [-0.4, -0.2) is 90.5 Å². The van der Waals surface area contributed by atoms with E-state index in [1.807, 2.05) is 80.3 Å². The number of benzene rings is 2. The summed E-state index contributed by atoms with van der Waals surface area (Å²) >= 11 is 0. The minimum absolute atomic E-state index is 0.0520. The number of nitrogens with zero attached hydrogens (tertiary/aromatic N) is 3. The largest absolute Gasteiger partial charge is 0.494 e. The van der Waals surface area contributed by atoms with Crippen molar-refractivity contribution in [3.8, 4) is 5.75 Å². The number of carbonyl (C=O) groups excluding carboxylic acids is 3. The summed E-state index contributed by atoms with van der Waals surface area (Å²) in [6.07, 6.45) is 2.83. The van der Waals surface area contributed by atoms with Gasteiger partial charge in [-0.15, -0.1) is 0 Å². The molecule has 8 nitrogen and oxygen atoms in total. The highest BCUT2D eigenvalue weighted by Crippen LogP contribution is 2.32. The van der Waals surface area contributed by atoms with Gasteiger partial charge in [-0.2, -0.15) is 0 Å². The van der Waals surface area contributed by atoms with Gasteiger partial charge in [0.05, 0.1) is 6.61 Å². The van der Waals surface area contributed by atoms with Crippen LogP contribution >= 0.6 is 0 Å². The third kappa shape index (κ3) is 8.55. The van der Waals surface area contributed by atoms with Crippen molar-refractivity contribution in [2.75, 3.05) is 46.4 Å². The van der Waals surface area contributed by atoms with E-state index >= 15 is 0 Å². The first kappa shape index (κ1) is 29.6. The third-order valence-corrected chi connectivity index (χ3v) is 7.36.